The Morgan fingerprint density at radius 3 is 2.68 bits per heavy atom. The fourth-order valence-electron chi connectivity index (χ4n) is 2.52. The molecule has 0 spiro atoms. The highest BCUT2D eigenvalue weighted by atomic mass is 35.5. The second-order valence-corrected chi connectivity index (χ2v) is 6.02. The lowest BCUT2D eigenvalue weighted by molar-refractivity contribution is -0.129. The predicted octanol–water partition coefficient (Wildman–Crippen LogP) is 2.66. The van der Waals surface area contributed by atoms with Gasteiger partial charge in [0.05, 0.1) is 12.6 Å². The number of hydrogen-bond donors (Lipinski definition) is 1. The van der Waals surface area contributed by atoms with Crippen LogP contribution in [0.1, 0.15) is 31.4 Å². The van der Waals surface area contributed by atoms with Crippen molar-refractivity contribution in [1.29, 1.82) is 0 Å². The molecular weight excluding hydrogens is 302 g/mol. The van der Waals surface area contributed by atoms with Gasteiger partial charge in [0.2, 0.25) is 5.91 Å². The molecule has 1 aromatic carbocycles. The minimum absolute atomic E-state index is 0.0188. The SMILES string of the molecule is C[C@H](c1cccc(Cl)c1)N(C)C(=O)NCC(=O)N1CCCC1. The fraction of sp³-hybridized carbons (Fsp3) is 0.500. The smallest absolute Gasteiger partial charge is 0.318 e. The van der Waals surface area contributed by atoms with E-state index < -0.39 is 0 Å². The van der Waals surface area contributed by atoms with Gasteiger partial charge in [-0.1, -0.05) is 23.7 Å². The van der Waals surface area contributed by atoms with E-state index in [1.54, 1.807) is 22.9 Å². The summed E-state index contributed by atoms with van der Waals surface area (Å²) < 4.78 is 0. The first-order valence-electron chi connectivity index (χ1n) is 7.53. The average Bonchev–Trinajstić information content (AvgIpc) is 3.05. The van der Waals surface area contributed by atoms with E-state index in [0.717, 1.165) is 31.5 Å². The number of amides is 3. The summed E-state index contributed by atoms with van der Waals surface area (Å²) in [7, 11) is 1.71. The van der Waals surface area contributed by atoms with Crippen LogP contribution in [-0.4, -0.2) is 48.4 Å². The first-order chi connectivity index (χ1) is 10.5. The Morgan fingerprint density at radius 2 is 2.05 bits per heavy atom. The summed E-state index contributed by atoms with van der Waals surface area (Å²) in [6.45, 7) is 3.56. The molecule has 1 fully saturated rings. The normalized spacial score (nSPS) is 15.5. The maximum Gasteiger partial charge on any atom is 0.318 e. The number of benzene rings is 1. The van der Waals surface area contributed by atoms with Crippen molar-refractivity contribution in [1.82, 2.24) is 15.1 Å². The summed E-state index contributed by atoms with van der Waals surface area (Å²) in [5.74, 6) is -0.0188. The van der Waals surface area contributed by atoms with Crippen LogP contribution < -0.4 is 5.32 Å². The molecule has 1 atom stereocenters. The van der Waals surface area contributed by atoms with E-state index in [4.69, 9.17) is 11.6 Å². The lowest BCUT2D eigenvalue weighted by Crippen LogP contribution is -2.44. The van der Waals surface area contributed by atoms with Crippen LogP contribution in [0.25, 0.3) is 0 Å². The zero-order chi connectivity index (χ0) is 16.1. The maximum absolute atomic E-state index is 12.2. The zero-order valence-corrected chi connectivity index (χ0v) is 13.8. The molecule has 1 aliphatic heterocycles. The van der Waals surface area contributed by atoms with Crippen molar-refractivity contribution >= 4 is 23.5 Å². The van der Waals surface area contributed by atoms with Crippen molar-refractivity contribution in [2.75, 3.05) is 26.7 Å². The number of carbonyl (C=O) groups is 2. The molecule has 2 rings (SSSR count). The molecule has 0 saturated carbocycles. The molecule has 1 saturated heterocycles. The molecule has 3 amide bonds. The third-order valence-corrected chi connectivity index (χ3v) is 4.32. The molecule has 1 N–H and O–H groups in total. The molecule has 0 aromatic heterocycles. The van der Waals surface area contributed by atoms with Crippen LogP contribution in [0.15, 0.2) is 24.3 Å². The van der Waals surface area contributed by atoms with E-state index in [-0.39, 0.29) is 24.5 Å². The lowest BCUT2D eigenvalue weighted by Gasteiger charge is -2.26. The number of nitrogens with one attached hydrogen (secondary N) is 1. The molecule has 120 valence electrons. The average molecular weight is 324 g/mol. The van der Waals surface area contributed by atoms with Gasteiger partial charge in [0, 0.05) is 25.2 Å². The third kappa shape index (κ3) is 4.13. The maximum atomic E-state index is 12.2. The van der Waals surface area contributed by atoms with Gasteiger partial charge in [0.25, 0.3) is 0 Å². The molecule has 1 aromatic rings. The molecule has 22 heavy (non-hydrogen) atoms. The molecule has 0 aliphatic carbocycles. The predicted molar refractivity (Wildman–Crippen MR) is 86.8 cm³/mol. The topological polar surface area (TPSA) is 52.7 Å². The highest BCUT2D eigenvalue weighted by Crippen LogP contribution is 2.21. The van der Waals surface area contributed by atoms with Gasteiger partial charge in [-0.15, -0.1) is 0 Å². The highest BCUT2D eigenvalue weighted by Gasteiger charge is 2.21. The van der Waals surface area contributed by atoms with E-state index in [2.05, 4.69) is 5.32 Å². The highest BCUT2D eigenvalue weighted by molar-refractivity contribution is 6.30. The van der Waals surface area contributed by atoms with E-state index in [0.29, 0.717) is 5.02 Å². The third-order valence-electron chi connectivity index (χ3n) is 4.08. The number of urea groups is 1. The van der Waals surface area contributed by atoms with Crippen molar-refractivity contribution < 1.29 is 9.59 Å². The molecule has 5 nitrogen and oxygen atoms in total. The Kier molecular flexibility index (Phi) is 5.66. The largest absolute Gasteiger partial charge is 0.341 e. The second kappa shape index (κ2) is 7.49. The van der Waals surface area contributed by atoms with Crippen LogP contribution in [0.5, 0.6) is 0 Å². The molecule has 0 unspecified atom stereocenters. The number of nitrogens with zero attached hydrogens (tertiary/aromatic N) is 2. The summed E-state index contributed by atoms with van der Waals surface area (Å²) in [6.07, 6.45) is 2.09. The van der Waals surface area contributed by atoms with Crippen LogP contribution in [-0.2, 0) is 4.79 Å². The Morgan fingerprint density at radius 1 is 1.36 bits per heavy atom. The number of likely N-dealkylation sites (tertiary alicyclic amines) is 1. The first-order valence-corrected chi connectivity index (χ1v) is 7.90. The minimum atomic E-state index is -0.264. The van der Waals surface area contributed by atoms with Gasteiger partial charge in [-0.05, 0) is 37.5 Å². The summed E-state index contributed by atoms with van der Waals surface area (Å²) >= 11 is 5.98. The van der Waals surface area contributed by atoms with Gasteiger partial charge in [-0.2, -0.15) is 0 Å². The van der Waals surface area contributed by atoms with E-state index in [9.17, 15) is 9.59 Å². The summed E-state index contributed by atoms with van der Waals surface area (Å²) in [4.78, 5) is 27.5. The summed E-state index contributed by atoms with van der Waals surface area (Å²) in [5.41, 5.74) is 0.955. The Hall–Kier alpha value is -1.75. The standard InChI is InChI=1S/C16H22ClN3O2/c1-12(13-6-5-7-14(17)10-13)19(2)16(22)18-11-15(21)20-8-3-4-9-20/h5-7,10,12H,3-4,8-9,11H2,1-2H3,(H,18,22)/t12-/m1/s1. The lowest BCUT2D eigenvalue weighted by atomic mass is 10.1. The van der Waals surface area contributed by atoms with Gasteiger partial charge in [-0.3, -0.25) is 4.79 Å². The van der Waals surface area contributed by atoms with Crippen LogP contribution in [0.3, 0.4) is 0 Å². The molecule has 1 heterocycles. The van der Waals surface area contributed by atoms with Crippen LogP contribution >= 0.6 is 11.6 Å². The van der Waals surface area contributed by atoms with Gasteiger partial charge in [-0.25, -0.2) is 4.79 Å². The molecule has 0 radical (unpaired) electrons. The van der Waals surface area contributed by atoms with E-state index in [1.807, 2.05) is 25.1 Å². The van der Waals surface area contributed by atoms with Crippen molar-refractivity contribution in [3.63, 3.8) is 0 Å². The second-order valence-electron chi connectivity index (χ2n) is 5.59. The zero-order valence-electron chi connectivity index (χ0n) is 13.0. The molecule has 1 aliphatic rings. The van der Waals surface area contributed by atoms with Crippen LogP contribution in [0.4, 0.5) is 4.79 Å². The van der Waals surface area contributed by atoms with E-state index in [1.165, 1.54) is 0 Å². The molecule has 6 heteroatoms. The minimum Gasteiger partial charge on any atom is -0.341 e. The summed E-state index contributed by atoms with van der Waals surface area (Å²) in [5, 5.41) is 3.33. The van der Waals surface area contributed by atoms with Crippen molar-refractivity contribution in [2.24, 2.45) is 0 Å². The van der Waals surface area contributed by atoms with Crippen LogP contribution in [0.2, 0.25) is 5.02 Å². The fourth-order valence-corrected chi connectivity index (χ4v) is 2.72. The Bertz CT molecular complexity index is 544. The van der Waals surface area contributed by atoms with Gasteiger partial charge >= 0.3 is 6.03 Å². The van der Waals surface area contributed by atoms with Crippen molar-refractivity contribution in [3.05, 3.63) is 34.9 Å². The number of hydrogen-bond acceptors (Lipinski definition) is 2. The number of rotatable bonds is 4. The number of halogens is 1. The molecular formula is C16H22ClN3O2. The summed E-state index contributed by atoms with van der Waals surface area (Å²) in [6, 6.07) is 7.03. The van der Waals surface area contributed by atoms with Crippen molar-refractivity contribution in [3.8, 4) is 0 Å². The Balaban J connectivity index is 1.87. The van der Waals surface area contributed by atoms with Crippen molar-refractivity contribution in [2.45, 2.75) is 25.8 Å². The first kappa shape index (κ1) is 16.6. The van der Waals surface area contributed by atoms with Gasteiger partial charge < -0.3 is 15.1 Å². The molecule has 0 bridgehead atoms. The Labute approximate surface area is 136 Å². The van der Waals surface area contributed by atoms with Gasteiger partial charge in [0.15, 0.2) is 0 Å². The van der Waals surface area contributed by atoms with Crippen LogP contribution in [0, 0.1) is 0 Å². The monoisotopic (exact) mass is 323 g/mol. The number of carbonyl (C=O) groups excluding carboxylic acids is 2. The quantitative estimate of drug-likeness (QED) is 0.926. The van der Waals surface area contributed by atoms with E-state index >= 15 is 0 Å². The van der Waals surface area contributed by atoms with Gasteiger partial charge in [0.1, 0.15) is 0 Å².